The second kappa shape index (κ2) is 6.78. The lowest BCUT2D eigenvalue weighted by Crippen LogP contribution is -2.18. The number of carbonyl (C=O) groups excluding carboxylic acids is 1. The van der Waals surface area contributed by atoms with E-state index >= 15 is 0 Å². The number of pyridine rings is 1. The third-order valence-electron chi connectivity index (χ3n) is 2.70. The van der Waals surface area contributed by atoms with E-state index in [1.165, 1.54) is 4.68 Å². The van der Waals surface area contributed by atoms with Crippen molar-refractivity contribution in [3.05, 3.63) is 41.9 Å². The van der Waals surface area contributed by atoms with E-state index in [4.69, 9.17) is 10.5 Å². The summed E-state index contributed by atoms with van der Waals surface area (Å²) in [7, 11) is 1.67. The van der Waals surface area contributed by atoms with Crippen molar-refractivity contribution in [2.75, 3.05) is 20.3 Å². The molecule has 20 heavy (non-hydrogen) atoms. The van der Waals surface area contributed by atoms with Gasteiger partial charge >= 0.3 is 0 Å². The third kappa shape index (κ3) is 3.62. The summed E-state index contributed by atoms with van der Waals surface area (Å²) in [6.45, 7) is 2.19. The molecule has 0 unspecified atom stereocenters. The van der Waals surface area contributed by atoms with Crippen LogP contribution in [0.25, 0.3) is 5.82 Å². The minimum absolute atomic E-state index is 0.220. The Morgan fingerprint density at radius 2 is 2.30 bits per heavy atom. The average molecular weight is 275 g/mol. The van der Waals surface area contributed by atoms with Crippen molar-refractivity contribution < 1.29 is 9.53 Å². The number of aromatic nitrogens is 3. The molecule has 106 valence electrons. The van der Waals surface area contributed by atoms with Crippen LogP contribution in [0, 0.1) is 0 Å². The minimum Gasteiger partial charge on any atom is -0.383 e. The fraction of sp³-hybridized carbons (Fsp3) is 0.308. The van der Waals surface area contributed by atoms with Gasteiger partial charge in [0.25, 0.3) is 5.91 Å². The highest BCUT2D eigenvalue weighted by atomic mass is 16.5. The molecule has 2 rings (SSSR count). The van der Waals surface area contributed by atoms with Crippen LogP contribution in [0.3, 0.4) is 0 Å². The molecule has 3 N–H and O–H groups in total. The summed E-state index contributed by atoms with van der Waals surface area (Å²) in [5, 5.41) is 7.28. The molecule has 0 aliphatic heterocycles. The smallest absolute Gasteiger partial charge is 0.269 e. The first-order valence-corrected chi connectivity index (χ1v) is 6.21. The van der Waals surface area contributed by atoms with E-state index in [1.807, 2.05) is 12.1 Å². The zero-order chi connectivity index (χ0) is 14.4. The van der Waals surface area contributed by atoms with E-state index in [2.05, 4.69) is 15.4 Å². The van der Waals surface area contributed by atoms with E-state index in [0.29, 0.717) is 12.4 Å². The summed E-state index contributed by atoms with van der Waals surface area (Å²) in [5.74, 6) is 0.0841. The van der Waals surface area contributed by atoms with Gasteiger partial charge < -0.3 is 15.8 Å². The number of primary amides is 1. The van der Waals surface area contributed by atoms with Gasteiger partial charge in [-0.1, -0.05) is 6.07 Å². The first kappa shape index (κ1) is 14.2. The van der Waals surface area contributed by atoms with Gasteiger partial charge in [0.05, 0.1) is 6.61 Å². The molecular formula is C13H17N5O2. The molecule has 0 spiro atoms. The van der Waals surface area contributed by atoms with Crippen LogP contribution in [-0.4, -0.2) is 40.9 Å². The Morgan fingerprint density at radius 1 is 1.45 bits per heavy atom. The van der Waals surface area contributed by atoms with Gasteiger partial charge in [0, 0.05) is 32.6 Å². The molecule has 0 aliphatic rings. The maximum Gasteiger partial charge on any atom is 0.269 e. The van der Waals surface area contributed by atoms with Crippen LogP contribution in [0.15, 0.2) is 30.6 Å². The van der Waals surface area contributed by atoms with Crippen molar-refractivity contribution >= 4 is 5.91 Å². The number of nitrogens with two attached hydrogens (primary N) is 1. The summed E-state index contributed by atoms with van der Waals surface area (Å²) >= 11 is 0. The van der Waals surface area contributed by atoms with E-state index in [0.717, 1.165) is 18.7 Å². The van der Waals surface area contributed by atoms with E-state index < -0.39 is 5.91 Å². The molecule has 0 bridgehead atoms. The number of hydrogen-bond donors (Lipinski definition) is 2. The van der Waals surface area contributed by atoms with Crippen molar-refractivity contribution in [3.63, 3.8) is 0 Å². The van der Waals surface area contributed by atoms with Gasteiger partial charge in [-0.05, 0) is 17.7 Å². The number of hydrogen-bond acceptors (Lipinski definition) is 5. The van der Waals surface area contributed by atoms with E-state index in [1.54, 1.807) is 25.6 Å². The largest absolute Gasteiger partial charge is 0.383 e. The summed E-state index contributed by atoms with van der Waals surface area (Å²) in [4.78, 5) is 15.3. The van der Waals surface area contributed by atoms with Crippen molar-refractivity contribution in [1.82, 2.24) is 20.1 Å². The van der Waals surface area contributed by atoms with Crippen molar-refractivity contribution in [3.8, 4) is 5.82 Å². The molecule has 0 aliphatic carbocycles. The first-order valence-electron chi connectivity index (χ1n) is 6.21. The Bertz CT molecular complexity index is 564. The normalized spacial score (nSPS) is 10.7. The highest BCUT2D eigenvalue weighted by Crippen LogP contribution is 2.06. The Labute approximate surface area is 116 Å². The number of rotatable bonds is 7. The third-order valence-corrected chi connectivity index (χ3v) is 2.70. The number of ether oxygens (including phenoxy) is 1. The monoisotopic (exact) mass is 275 g/mol. The van der Waals surface area contributed by atoms with Crippen molar-refractivity contribution in [2.45, 2.75) is 6.54 Å². The fourth-order valence-corrected chi connectivity index (χ4v) is 1.65. The van der Waals surface area contributed by atoms with Crippen LogP contribution >= 0.6 is 0 Å². The molecule has 7 heteroatoms. The highest BCUT2D eigenvalue weighted by molar-refractivity contribution is 5.90. The number of amides is 1. The Morgan fingerprint density at radius 3 is 2.90 bits per heavy atom. The fourth-order valence-electron chi connectivity index (χ4n) is 1.65. The molecule has 2 aromatic rings. The molecule has 2 aromatic heterocycles. The zero-order valence-electron chi connectivity index (χ0n) is 11.2. The molecule has 0 aromatic carbocycles. The summed E-state index contributed by atoms with van der Waals surface area (Å²) in [6, 6.07) is 5.35. The van der Waals surface area contributed by atoms with Crippen LogP contribution < -0.4 is 11.1 Å². The van der Waals surface area contributed by atoms with Crippen LogP contribution in [0.1, 0.15) is 16.1 Å². The molecule has 0 atom stereocenters. The van der Waals surface area contributed by atoms with Gasteiger partial charge in [0.2, 0.25) is 0 Å². The molecule has 1 amide bonds. The highest BCUT2D eigenvalue weighted by Gasteiger charge is 2.06. The van der Waals surface area contributed by atoms with E-state index in [-0.39, 0.29) is 5.69 Å². The summed E-state index contributed by atoms with van der Waals surface area (Å²) in [6.07, 6.45) is 3.42. The van der Waals surface area contributed by atoms with Crippen LogP contribution in [0.5, 0.6) is 0 Å². The zero-order valence-corrected chi connectivity index (χ0v) is 11.2. The minimum atomic E-state index is -0.553. The number of nitrogens with one attached hydrogen (secondary N) is 1. The maximum atomic E-state index is 11.0. The Balaban J connectivity index is 1.98. The molecule has 0 fully saturated rings. The van der Waals surface area contributed by atoms with Gasteiger partial charge in [-0.2, -0.15) is 5.10 Å². The average Bonchev–Trinajstić information content (AvgIpc) is 2.94. The lowest BCUT2D eigenvalue weighted by atomic mass is 10.3. The molecule has 0 saturated carbocycles. The summed E-state index contributed by atoms with van der Waals surface area (Å²) < 4.78 is 6.47. The quantitative estimate of drug-likeness (QED) is 0.699. The van der Waals surface area contributed by atoms with Crippen LogP contribution in [-0.2, 0) is 11.3 Å². The summed E-state index contributed by atoms with van der Waals surface area (Å²) in [5.41, 5.74) is 6.44. The lowest BCUT2D eigenvalue weighted by Gasteiger charge is -2.05. The molecule has 2 heterocycles. The Kier molecular flexibility index (Phi) is 4.80. The predicted octanol–water partition coefficient (Wildman–Crippen LogP) is 0.102. The van der Waals surface area contributed by atoms with Gasteiger partial charge in [-0.3, -0.25) is 4.79 Å². The van der Waals surface area contributed by atoms with Crippen molar-refractivity contribution in [2.24, 2.45) is 5.73 Å². The number of carbonyl (C=O) groups is 1. The molecular weight excluding hydrogens is 258 g/mol. The molecule has 7 nitrogen and oxygen atoms in total. The SMILES string of the molecule is COCCNCc1ccc(-n2ccc(C(N)=O)n2)nc1. The van der Waals surface area contributed by atoms with Gasteiger partial charge in [-0.15, -0.1) is 0 Å². The lowest BCUT2D eigenvalue weighted by molar-refractivity contribution is 0.0995. The molecule has 0 saturated heterocycles. The van der Waals surface area contributed by atoms with Gasteiger partial charge in [0.1, 0.15) is 5.69 Å². The standard InChI is InChI=1S/C13H17N5O2/c1-20-7-5-15-8-10-2-3-12(16-9-10)18-6-4-11(17-18)13(14)19/h2-4,6,9,15H,5,7-8H2,1H3,(H2,14,19). The van der Waals surface area contributed by atoms with Crippen LogP contribution in [0.4, 0.5) is 0 Å². The Hall–Kier alpha value is -2.25. The number of nitrogens with zero attached hydrogens (tertiary/aromatic N) is 3. The van der Waals surface area contributed by atoms with E-state index in [9.17, 15) is 4.79 Å². The number of methoxy groups -OCH3 is 1. The van der Waals surface area contributed by atoms with Crippen molar-refractivity contribution in [1.29, 1.82) is 0 Å². The van der Waals surface area contributed by atoms with Gasteiger partial charge in [-0.25, -0.2) is 9.67 Å². The molecule has 0 radical (unpaired) electrons. The second-order valence-electron chi connectivity index (χ2n) is 4.20. The second-order valence-corrected chi connectivity index (χ2v) is 4.20. The predicted molar refractivity (Wildman–Crippen MR) is 73.5 cm³/mol. The topological polar surface area (TPSA) is 95.1 Å². The van der Waals surface area contributed by atoms with Gasteiger partial charge in [0.15, 0.2) is 5.82 Å². The first-order chi connectivity index (χ1) is 9.70. The van der Waals surface area contributed by atoms with Crippen LogP contribution in [0.2, 0.25) is 0 Å². The maximum absolute atomic E-state index is 11.0.